The third kappa shape index (κ3) is 3.73. The van der Waals surface area contributed by atoms with E-state index in [0.717, 1.165) is 28.6 Å². The topological polar surface area (TPSA) is 72.2 Å². The number of amides is 1. The van der Waals surface area contributed by atoms with Crippen LogP contribution >= 0.6 is 11.3 Å². The van der Waals surface area contributed by atoms with Crippen molar-refractivity contribution in [2.24, 2.45) is 0 Å². The summed E-state index contributed by atoms with van der Waals surface area (Å²) in [6.45, 7) is 4.42. The minimum Gasteiger partial charge on any atom is -0.350 e. The quantitative estimate of drug-likeness (QED) is 0.753. The van der Waals surface area contributed by atoms with Crippen LogP contribution in [0.3, 0.4) is 0 Å². The van der Waals surface area contributed by atoms with Gasteiger partial charge in [0.1, 0.15) is 5.01 Å². The number of nitrogens with zero attached hydrogens (tertiary/aromatic N) is 4. The number of fused-ring (bicyclic) bond motifs is 1. The standard InChI is InChI=1S/C16H19N5OS/c1-3-12-4-6-13(7-5-12)8-9-14(22)17-10-15-20-21-11(2)18-19-16(21)23-15/h4-7H,3,8-10H2,1-2H3,(H,17,22). The van der Waals surface area contributed by atoms with E-state index in [9.17, 15) is 4.79 Å². The first kappa shape index (κ1) is 15.6. The predicted octanol–water partition coefficient (Wildman–Crippen LogP) is 2.31. The fourth-order valence-corrected chi connectivity index (χ4v) is 3.11. The van der Waals surface area contributed by atoms with E-state index in [1.165, 1.54) is 22.5 Å². The Morgan fingerprint density at radius 3 is 2.65 bits per heavy atom. The Morgan fingerprint density at radius 2 is 1.96 bits per heavy atom. The van der Waals surface area contributed by atoms with Gasteiger partial charge < -0.3 is 5.32 Å². The molecule has 0 aliphatic rings. The lowest BCUT2D eigenvalue weighted by molar-refractivity contribution is -0.121. The second kappa shape index (κ2) is 6.87. The SMILES string of the molecule is CCc1ccc(CCC(=O)NCc2nn3c(C)nnc3s2)cc1. The maximum absolute atomic E-state index is 12.0. The molecule has 0 atom stereocenters. The van der Waals surface area contributed by atoms with Crippen LogP contribution in [0.5, 0.6) is 0 Å². The Hall–Kier alpha value is -2.28. The Morgan fingerprint density at radius 1 is 1.22 bits per heavy atom. The van der Waals surface area contributed by atoms with E-state index in [1.807, 2.05) is 6.92 Å². The zero-order chi connectivity index (χ0) is 16.2. The minimum absolute atomic E-state index is 0.0345. The molecule has 0 aliphatic heterocycles. The van der Waals surface area contributed by atoms with E-state index < -0.39 is 0 Å². The van der Waals surface area contributed by atoms with Gasteiger partial charge in [0.05, 0.1) is 6.54 Å². The Balaban J connectivity index is 1.48. The van der Waals surface area contributed by atoms with E-state index in [2.05, 4.69) is 51.8 Å². The van der Waals surface area contributed by atoms with Gasteiger partial charge in [-0.25, -0.2) is 0 Å². The molecule has 2 aromatic heterocycles. The van der Waals surface area contributed by atoms with Crippen LogP contribution in [0.4, 0.5) is 0 Å². The Kier molecular flexibility index (Phi) is 4.66. The van der Waals surface area contributed by atoms with Gasteiger partial charge in [0.15, 0.2) is 5.82 Å². The summed E-state index contributed by atoms with van der Waals surface area (Å²) >= 11 is 1.44. The number of rotatable bonds is 6. The lowest BCUT2D eigenvalue weighted by Gasteiger charge is -2.04. The van der Waals surface area contributed by atoms with Gasteiger partial charge in [-0.1, -0.05) is 42.5 Å². The highest BCUT2D eigenvalue weighted by molar-refractivity contribution is 7.16. The van der Waals surface area contributed by atoms with Crippen LogP contribution in [0.2, 0.25) is 0 Å². The molecule has 7 heteroatoms. The molecule has 0 aliphatic carbocycles. The average Bonchev–Trinajstić information content (AvgIpc) is 3.13. The van der Waals surface area contributed by atoms with E-state index in [4.69, 9.17) is 0 Å². The molecule has 0 unspecified atom stereocenters. The van der Waals surface area contributed by atoms with Crippen molar-refractivity contribution in [1.29, 1.82) is 0 Å². The zero-order valence-electron chi connectivity index (χ0n) is 13.2. The van der Waals surface area contributed by atoms with Crippen molar-refractivity contribution in [3.63, 3.8) is 0 Å². The minimum atomic E-state index is 0.0345. The van der Waals surface area contributed by atoms with Crippen molar-refractivity contribution in [2.75, 3.05) is 0 Å². The maximum Gasteiger partial charge on any atom is 0.234 e. The Bertz CT molecular complexity index is 806. The highest BCUT2D eigenvalue weighted by Crippen LogP contribution is 2.13. The van der Waals surface area contributed by atoms with Gasteiger partial charge in [0, 0.05) is 6.42 Å². The van der Waals surface area contributed by atoms with Gasteiger partial charge >= 0.3 is 0 Å². The van der Waals surface area contributed by atoms with Crippen molar-refractivity contribution in [1.82, 2.24) is 25.1 Å². The number of hydrogen-bond acceptors (Lipinski definition) is 5. The monoisotopic (exact) mass is 329 g/mol. The van der Waals surface area contributed by atoms with E-state index >= 15 is 0 Å². The molecule has 0 saturated heterocycles. The predicted molar refractivity (Wildman–Crippen MR) is 89.4 cm³/mol. The second-order valence-corrected chi connectivity index (χ2v) is 6.42. The molecule has 3 aromatic rings. The van der Waals surface area contributed by atoms with Crippen LogP contribution in [0.25, 0.3) is 4.96 Å². The number of hydrogen-bond donors (Lipinski definition) is 1. The number of aryl methyl sites for hydroxylation is 3. The molecule has 0 bridgehead atoms. The lowest BCUT2D eigenvalue weighted by Crippen LogP contribution is -2.23. The molecule has 0 saturated carbocycles. The normalized spacial score (nSPS) is 11.0. The molecule has 120 valence electrons. The van der Waals surface area contributed by atoms with Crippen LogP contribution in [0.15, 0.2) is 24.3 Å². The molecular weight excluding hydrogens is 310 g/mol. The fourth-order valence-electron chi connectivity index (χ4n) is 2.29. The molecule has 1 amide bonds. The summed E-state index contributed by atoms with van der Waals surface area (Å²) in [5.41, 5.74) is 2.50. The van der Waals surface area contributed by atoms with E-state index in [0.29, 0.717) is 13.0 Å². The summed E-state index contributed by atoms with van der Waals surface area (Å²) in [6.07, 6.45) is 2.27. The molecule has 2 heterocycles. The van der Waals surface area contributed by atoms with Crippen molar-refractivity contribution in [3.8, 4) is 0 Å². The van der Waals surface area contributed by atoms with Gasteiger partial charge in [-0.05, 0) is 30.9 Å². The second-order valence-electron chi connectivity index (χ2n) is 5.38. The highest BCUT2D eigenvalue weighted by Gasteiger charge is 2.09. The van der Waals surface area contributed by atoms with Gasteiger partial charge in [-0.15, -0.1) is 10.2 Å². The van der Waals surface area contributed by atoms with Gasteiger partial charge in [-0.3, -0.25) is 4.79 Å². The van der Waals surface area contributed by atoms with Crippen molar-refractivity contribution in [3.05, 3.63) is 46.2 Å². The van der Waals surface area contributed by atoms with Crippen molar-refractivity contribution >= 4 is 22.2 Å². The molecule has 1 N–H and O–H groups in total. The first-order valence-corrected chi connectivity index (χ1v) is 8.49. The van der Waals surface area contributed by atoms with E-state index in [-0.39, 0.29) is 5.91 Å². The summed E-state index contributed by atoms with van der Waals surface area (Å²) in [5.74, 6) is 0.789. The maximum atomic E-state index is 12.0. The largest absolute Gasteiger partial charge is 0.350 e. The smallest absolute Gasteiger partial charge is 0.234 e. The number of aromatic nitrogens is 4. The number of benzene rings is 1. The third-order valence-electron chi connectivity index (χ3n) is 3.70. The molecule has 0 radical (unpaired) electrons. The third-order valence-corrected chi connectivity index (χ3v) is 4.60. The molecule has 0 fully saturated rings. The summed E-state index contributed by atoms with van der Waals surface area (Å²) in [6, 6.07) is 8.43. The lowest BCUT2D eigenvalue weighted by atomic mass is 10.1. The highest BCUT2D eigenvalue weighted by atomic mass is 32.1. The van der Waals surface area contributed by atoms with Crippen LogP contribution in [-0.2, 0) is 24.2 Å². The summed E-state index contributed by atoms with van der Waals surface area (Å²) in [4.78, 5) is 12.7. The average molecular weight is 329 g/mol. The van der Waals surface area contributed by atoms with Crippen LogP contribution in [-0.4, -0.2) is 25.7 Å². The van der Waals surface area contributed by atoms with Crippen molar-refractivity contribution in [2.45, 2.75) is 39.7 Å². The molecule has 0 spiro atoms. The first-order valence-electron chi connectivity index (χ1n) is 7.68. The molecule has 6 nitrogen and oxygen atoms in total. The van der Waals surface area contributed by atoms with Crippen LogP contribution < -0.4 is 5.32 Å². The van der Waals surface area contributed by atoms with Gasteiger partial charge in [-0.2, -0.15) is 9.61 Å². The van der Waals surface area contributed by atoms with Gasteiger partial charge in [0.25, 0.3) is 0 Å². The number of nitrogens with one attached hydrogen (secondary N) is 1. The number of carbonyl (C=O) groups is 1. The summed E-state index contributed by atoms with van der Waals surface area (Å²) in [7, 11) is 0. The summed E-state index contributed by atoms with van der Waals surface area (Å²) < 4.78 is 1.70. The zero-order valence-corrected chi connectivity index (χ0v) is 14.1. The first-order chi connectivity index (χ1) is 11.2. The molecule has 23 heavy (non-hydrogen) atoms. The molecule has 3 rings (SSSR count). The Labute approximate surface area is 138 Å². The summed E-state index contributed by atoms with van der Waals surface area (Å²) in [5, 5.41) is 16.1. The van der Waals surface area contributed by atoms with Gasteiger partial charge in [0.2, 0.25) is 10.9 Å². The molecule has 1 aromatic carbocycles. The van der Waals surface area contributed by atoms with Crippen LogP contribution in [0, 0.1) is 6.92 Å². The van der Waals surface area contributed by atoms with Crippen molar-refractivity contribution < 1.29 is 4.79 Å². The number of carbonyl (C=O) groups excluding carboxylic acids is 1. The molecular formula is C16H19N5OS. The fraction of sp³-hybridized carbons (Fsp3) is 0.375. The van der Waals surface area contributed by atoms with E-state index in [1.54, 1.807) is 4.52 Å². The van der Waals surface area contributed by atoms with Crippen LogP contribution in [0.1, 0.15) is 35.3 Å².